The Balaban J connectivity index is 1.49. The third-order valence-corrected chi connectivity index (χ3v) is 5.54. The molecule has 0 aliphatic carbocycles. The maximum absolute atomic E-state index is 12.4. The van der Waals surface area contributed by atoms with Gasteiger partial charge < -0.3 is 10.2 Å². The Morgan fingerprint density at radius 1 is 1.33 bits per heavy atom. The Hall–Kier alpha value is -1.63. The fourth-order valence-electron chi connectivity index (χ4n) is 2.81. The zero-order valence-electron chi connectivity index (χ0n) is 13.6. The average molecular weight is 365 g/mol. The van der Waals surface area contributed by atoms with Gasteiger partial charge in [0.15, 0.2) is 5.13 Å². The van der Waals surface area contributed by atoms with Crippen LogP contribution in [0.2, 0.25) is 5.02 Å². The van der Waals surface area contributed by atoms with Gasteiger partial charge in [-0.3, -0.25) is 9.69 Å². The van der Waals surface area contributed by atoms with E-state index >= 15 is 0 Å². The summed E-state index contributed by atoms with van der Waals surface area (Å²) in [6.45, 7) is 5.94. The minimum Gasteiger partial charge on any atom is -0.351 e. The van der Waals surface area contributed by atoms with Crippen LogP contribution in [0.25, 0.3) is 0 Å². The van der Waals surface area contributed by atoms with Crippen LogP contribution in [0.15, 0.2) is 35.8 Å². The number of carbonyl (C=O) groups excluding carboxylic acids is 1. The van der Waals surface area contributed by atoms with E-state index in [0.29, 0.717) is 11.6 Å². The minimum atomic E-state index is -0.147. The molecule has 1 N–H and O–H groups in total. The Labute approximate surface area is 151 Å². The van der Waals surface area contributed by atoms with Crippen LogP contribution in [-0.2, 0) is 11.3 Å². The van der Waals surface area contributed by atoms with Gasteiger partial charge >= 0.3 is 0 Å². The molecule has 1 saturated heterocycles. The molecule has 0 saturated carbocycles. The molecule has 1 unspecified atom stereocenters. The fraction of sp³-hybridized carbons (Fsp3) is 0.412. The van der Waals surface area contributed by atoms with Crippen LogP contribution in [0.5, 0.6) is 0 Å². The summed E-state index contributed by atoms with van der Waals surface area (Å²) >= 11 is 7.79. The number of rotatable bonds is 5. The SMILES string of the molecule is CC(C(=O)NCc1ccccc1Cl)N1CCN(c2nccs2)CC1. The zero-order valence-corrected chi connectivity index (χ0v) is 15.2. The molecule has 0 spiro atoms. The van der Waals surface area contributed by atoms with Crippen molar-refractivity contribution < 1.29 is 4.79 Å². The molecular weight excluding hydrogens is 344 g/mol. The lowest BCUT2D eigenvalue weighted by Gasteiger charge is -2.37. The normalized spacial score (nSPS) is 16.8. The number of benzene rings is 1. The summed E-state index contributed by atoms with van der Waals surface area (Å²) < 4.78 is 0. The van der Waals surface area contributed by atoms with Gasteiger partial charge in [-0.1, -0.05) is 29.8 Å². The maximum atomic E-state index is 12.4. The van der Waals surface area contributed by atoms with E-state index in [1.54, 1.807) is 11.3 Å². The maximum Gasteiger partial charge on any atom is 0.237 e. The van der Waals surface area contributed by atoms with E-state index in [9.17, 15) is 4.79 Å². The van der Waals surface area contributed by atoms with Gasteiger partial charge in [0.1, 0.15) is 0 Å². The summed E-state index contributed by atoms with van der Waals surface area (Å²) in [5, 5.41) is 6.72. The lowest BCUT2D eigenvalue weighted by molar-refractivity contribution is -0.126. The molecule has 1 aliphatic rings. The number of thiazole rings is 1. The highest BCUT2D eigenvalue weighted by Gasteiger charge is 2.26. The predicted molar refractivity (Wildman–Crippen MR) is 98.7 cm³/mol. The molecule has 1 amide bonds. The Morgan fingerprint density at radius 3 is 2.75 bits per heavy atom. The first-order valence-electron chi connectivity index (χ1n) is 8.05. The van der Waals surface area contributed by atoms with E-state index in [-0.39, 0.29) is 11.9 Å². The standard InChI is InChI=1S/C17H21ClN4OS/c1-13(16(23)20-12-14-4-2-3-5-15(14)18)21-7-9-22(10-8-21)17-19-6-11-24-17/h2-6,11,13H,7-10,12H2,1H3,(H,20,23). The Bertz CT molecular complexity index is 671. The van der Waals surface area contributed by atoms with Crippen molar-refractivity contribution in [1.29, 1.82) is 0 Å². The number of nitrogens with one attached hydrogen (secondary N) is 1. The quantitative estimate of drug-likeness (QED) is 0.886. The molecule has 1 fully saturated rings. The molecule has 24 heavy (non-hydrogen) atoms. The lowest BCUT2D eigenvalue weighted by Crippen LogP contribution is -2.53. The van der Waals surface area contributed by atoms with Gasteiger partial charge in [0.25, 0.3) is 0 Å². The molecule has 5 nitrogen and oxygen atoms in total. The van der Waals surface area contributed by atoms with Crippen LogP contribution in [0.1, 0.15) is 12.5 Å². The van der Waals surface area contributed by atoms with Gasteiger partial charge in [-0.05, 0) is 18.6 Å². The first-order valence-corrected chi connectivity index (χ1v) is 9.30. The molecule has 0 bridgehead atoms. The number of carbonyl (C=O) groups is 1. The summed E-state index contributed by atoms with van der Waals surface area (Å²) in [5.74, 6) is 0.0395. The molecule has 1 aliphatic heterocycles. The number of hydrogen-bond donors (Lipinski definition) is 1. The number of aromatic nitrogens is 1. The highest BCUT2D eigenvalue weighted by Crippen LogP contribution is 2.19. The summed E-state index contributed by atoms with van der Waals surface area (Å²) in [6.07, 6.45) is 1.83. The van der Waals surface area contributed by atoms with E-state index in [2.05, 4.69) is 20.1 Å². The van der Waals surface area contributed by atoms with E-state index in [4.69, 9.17) is 11.6 Å². The van der Waals surface area contributed by atoms with Crippen molar-refractivity contribution >= 4 is 34.0 Å². The Kier molecular flexibility index (Phi) is 5.71. The van der Waals surface area contributed by atoms with Gasteiger partial charge in [0.05, 0.1) is 6.04 Å². The Morgan fingerprint density at radius 2 is 2.08 bits per heavy atom. The number of nitrogens with zero attached hydrogens (tertiary/aromatic N) is 3. The number of amides is 1. The fourth-order valence-corrected chi connectivity index (χ4v) is 3.71. The average Bonchev–Trinajstić information content (AvgIpc) is 3.15. The van der Waals surface area contributed by atoms with Crippen molar-refractivity contribution in [3.05, 3.63) is 46.4 Å². The highest BCUT2D eigenvalue weighted by atomic mass is 35.5. The van der Waals surface area contributed by atoms with Crippen LogP contribution in [0.4, 0.5) is 5.13 Å². The monoisotopic (exact) mass is 364 g/mol. The second kappa shape index (κ2) is 7.96. The number of halogens is 1. The van der Waals surface area contributed by atoms with E-state index < -0.39 is 0 Å². The second-order valence-corrected chi connectivity index (χ2v) is 7.10. The van der Waals surface area contributed by atoms with Gasteiger partial charge in [-0.25, -0.2) is 4.98 Å². The third-order valence-electron chi connectivity index (χ3n) is 4.34. The largest absolute Gasteiger partial charge is 0.351 e. The molecule has 2 heterocycles. The molecule has 1 aromatic carbocycles. The van der Waals surface area contributed by atoms with Gasteiger partial charge in [-0.2, -0.15) is 0 Å². The molecular formula is C17H21ClN4OS. The molecule has 128 valence electrons. The van der Waals surface area contributed by atoms with Crippen molar-refractivity contribution in [3.63, 3.8) is 0 Å². The number of hydrogen-bond acceptors (Lipinski definition) is 5. The van der Waals surface area contributed by atoms with Gasteiger partial charge in [-0.15, -0.1) is 11.3 Å². The second-order valence-electron chi connectivity index (χ2n) is 5.82. The molecule has 1 aromatic heterocycles. The highest BCUT2D eigenvalue weighted by molar-refractivity contribution is 7.13. The predicted octanol–water partition coefficient (Wildman–Crippen LogP) is 2.62. The minimum absolute atomic E-state index is 0.0395. The van der Waals surface area contributed by atoms with E-state index in [1.165, 1.54) is 0 Å². The van der Waals surface area contributed by atoms with Crippen LogP contribution >= 0.6 is 22.9 Å². The van der Waals surface area contributed by atoms with Gasteiger partial charge in [0.2, 0.25) is 5.91 Å². The van der Waals surface area contributed by atoms with Crippen LogP contribution in [0, 0.1) is 0 Å². The smallest absolute Gasteiger partial charge is 0.237 e. The van der Waals surface area contributed by atoms with Gasteiger partial charge in [0, 0.05) is 49.3 Å². The van der Waals surface area contributed by atoms with E-state index in [0.717, 1.165) is 36.9 Å². The zero-order chi connectivity index (χ0) is 16.9. The van der Waals surface area contributed by atoms with Crippen molar-refractivity contribution in [2.75, 3.05) is 31.1 Å². The lowest BCUT2D eigenvalue weighted by atomic mass is 10.2. The van der Waals surface area contributed by atoms with Crippen molar-refractivity contribution in [1.82, 2.24) is 15.2 Å². The molecule has 7 heteroatoms. The molecule has 1 atom stereocenters. The molecule has 0 radical (unpaired) electrons. The summed E-state index contributed by atoms with van der Waals surface area (Å²) in [5.41, 5.74) is 0.938. The summed E-state index contributed by atoms with van der Waals surface area (Å²) in [6, 6.07) is 7.43. The van der Waals surface area contributed by atoms with E-state index in [1.807, 2.05) is 42.8 Å². The number of piperazine rings is 1. The number of anilines is 1. The third kappa shape index (κ3) is 4.06. The summed E-state index contributed by atoms with van der Waals surface area (Å²) in [7, 11) is 0. The molecule has 2 aromatic rings. The first kappa shape index (κ1) is 17.2. The van der Waals surface area contributed by atoms with Crippen LogP contribution in [0.3, 0.4) is 0 Å². The first-order chi connectivity index (χ1) is 11.6. The van der Waals surface area contributed by atoms with Crippen LogP contribution in [-0.4, -0.2) is 48.0 Å². The van der Waals surface area contributed by atoms with Crippen molar-refractivity contribution in [2.24, 2.45) is 0 Å². The van der Waals surface area contributed by atoms with Crippen LogP contribution < -0.4 is 10.2 Å². The summed E-state index contributed by atoms with van der Waals surface area (Å²) in [4.78, 5) is 21.3. The van der Waals surface area contributed by atoms with Crippen molar-refractivity contribution in [3.8, 4) is 0 Å². The molecule has 3 rings (SSSR count). The van der Waals surface area contributed by atoms with Crippen molar-refractivity contribution in [2.45, 2.75) is 19.5 Å². The topological polar surface area (TPSA) is 48.5 Å².